The molecule has 0 unspecified atom stereocenters. The monoisotopic (exact) mass is 221 g/mol. The molecule has 1 saturated carbocycles. The van der Waals surface area contributed by atoms with E-state index in [9.17, 15) is 4.79 Å². The Morgan fingerprint density at radius 1 is 1.62 bits per heavy atom. The summed E-state index contributed by atoms with van der Waals surface area (Å²) in [6, 6.07) is 1.62. The van der Waals surface area contributed by atoms with Crippen molar-refractivity contribution in [3.05, 3.63) is 23.5 Å². The zero-order chi connectivity index (χ0) is 11.5. The number of aromatic carboxylic acids is 1. The molecule has 1 aliphatic rings. The number of aromatic nitrogens is 1. The number of hydrogen-bond acceptors (Lipinski definition) is 3. The van der Waals surface area contributed by atoms with E-state index < -0.39 is 5.97 Å². The minimum Gasteiger partial charge on any atom is -0.494 e. The van der Waals surface area contributed by atoms with Crippen molar-refractivity contribution < 1.29 is 14.6 Å². The number of ether oxygens (including phenoxy) is 1. The minimum absolute atomic E-state index is 0.201. The molecule has 0 aliphatic heterocycles. The van der Waals surface area contributed by atoms with Gasteiger partial charge in [0.2, 0.25) is 0 Å². The Balaban J connectivity index is 2.20. The molecule has 0 atom stereocenters. The molecule has 0 bridgehead atoms. The number of carboxylic acid groups (broad SMARTS) is 1. The van der Waals surface area contributed by atoms with Crippen LogP contribution in [0.4, 0.5) is 0 Å². The fourth-order valence-corrected chi connectivity index (χ4v) is 1.92. The molecule has 4 heteroatoms. The molecule has 1 N–H and O–H groups in total. The van der Waals surface area contributed by atoms with Crippen LogP contribution >= 0.6 is 0 Å². The third kappa shape index (κ3) is 2.15. The summed E-state index contributed by atoms with van der Waals surface area (Å²) >= 11 is 0. The Labute approximate surface area is 94.3 Å². The normalized spacial score (nSPS) is 15.6. The zero-order valence-corrected chi connectivity index (χ0v) is 9.27. The lowest BCUT2D eigenvalue weighted by Gasteiger charge is -2.24. The molecule has 86 valence electrons. The van der Waals surface area contributed by atoms with Crippen LogP contribution < -0.4 is 4.74 Å². The van der Waals surface area contributed by atoms with Gasteiger partial charge in [-0.3, -0.25) is 4.98 Å². The van der Waals surface area contributed by atoms with E-state index in [4.69, 9.17) is 9.84 Å². The summed E-state index contributed by atoms with van der Waals surface area (Å²) in [7, 11) is 1.45. The Hall–Kier alpha value is -1.58. The van der Waals surface area contributed by atoms with Gasteiger partial charge in [0.25, 0.3) is 0 Å². The average Bonchev–Trinajstić information content (AvgIpc) is 2.23. The van der Waals surface area contributed by atoms with E-state index in [0.717, 1.165) is 12.1 Å². The van der Waals surface area contributed by atoms with Crippen LogP contribution in [-0.4, -0.2) is 23.2 Å². The van der Waals surface area contributed by atoms with Crippen molar-refractivity contribution in [2.45, 2.75) is 25.7 Å². The molecule has 1 aromatic rings. The van der Waals surface area contributed by atoms with Crippen LogP contribution in [0.25, 0.3) is 0 Å². The largest absolute Gasteiger partial charge is 0.494 e. The first kappa shape index (κ1) is 10.9. The molecule has 0 aromatic carbocycles. The van der Waals surface area contributed by atoms with Crippen molar-refractivity contribution in [1.29, 1.82) is 0 Å². The molecule has 1 heterocycles. The maximum absolute atomic E-state index is 11.0. The van der Waals surface area contributed by atoms with Gasteiger partial charge in [-0.05, 0) is 18.4 Å². The van der Waals surface area contributed by atoms with E-state index in [1.807, 2.05) is 0 Å². The molecule has 1 fully saturated rings. The summed E-state index contributed by atoms with van der Waals surface area (Å²) in [5, 5.41) is 9.02. The summed E-state index contributed by atoms with van der Waals surface area (Å²) in [5.41, 5.74) is 1.05. The van der Waals surface area contributed by atoms with Gasteiger partial charge in [0, 0.05) is 5.69 Å². The molecule has 2 rings (SSSR count). The lowest BCUT2D eigenvalue weighted by molar-refractivity contribution is 0.0693. The van der Waals surface area contributed by atoms with E-state index in [2.05, 4.69) is 4.98 Å². The first-order valence-electron chi connectivity index (χ1n) is 5.47. The van der Waals surface area contributed by atoms with Crippen LogP contribution in [0.5, 0.6) is 5.75 Å². The first-order valence-corrected chi connectivity index (χ1v) is 5.47. The summed E-state index contributed by atoms with van der Waals surface area (Å²) in [4.78, 5) is 15.2. The summed E-state index contributed by atoms with van der Waals surface area (Å²) in [5.74, 6) is 0.0431. The van der Waals surface area contributed by atoms with E-state index in [0.29, 0.717) is 11.7 Å². The number of rotatable bonds is 4. The molecule has 0 saturated heterocycles. The lowest BCUT2D eigenvalue weighted by Crippen LogP contribution is -2.15. The number of carbonyl (C=O) groups is 1. The number of nitrogens with zero attached hydrogens (tertiary/aromatic N) is 1. The van der Waals surface area contributed by atoms with Gasteiger partial charge in [-0.25, -0.2) is 4.79 Å². The highest BCUT2D eigenvalue weighted by molar-refractivity contribution is 5.90. The molecule has 4 nitrogen and oxygen atoms in total. The van der Waals surface area contributed by atoms with Crippen LogP contribution in [0.15, 0.2) is 12.3 Å². The molecule has 16 heavy (non-hydrogen) atoms. The van der Waals surface area contributed by atoms with E-state index in [1.54, 1.807) is 6.07 Å². The Morgan fingerprint density at radius 3 is 2.88 bits per heavy atom. The third-order valence-corrected chi connectivity index (χ3v) is 3.10. The Bertz CT molecular complexity index is 399. The summed E-state index contributed by atoms with van der Waals surface area (Å²) in [6.07, 6.45) is 6.13. The second-order valence-corrected chi connectivity index (χ2v) is 4.18. The molecule has 0 radical (unpaired) electrons. The molecule has 0 amide bonds. The summed E-state index contributed by atoms with van der Waals surface area (Å²) < 4.78 is 4.96. The fourth-order valence-electron chi connectivity index (χ4n) is 1.92. The lowest BCUT2D eigenvalue weighted by atomic mass is 9.82. The Kier molecular flexibility index (Phi) is 3.08. The minimum atomic E-state index is -0.964. The maximum Gasteiger partial charge on any atom is 0.339 e. The highest BCUT2D eigenvalue weighted by Gasteiger charge is 2.20. The molecule has 1 aliphatic carbocycles. The molecular formula is C12H15NO3. The molecule has 1 aromatic heterocycles. The topological polar surface area (TPSA) is 59.4 Å². The molecular weight excluding hydrogens is 206 g/mol. The smallest absolute Gasteiger partial charge is 0.339 e. The van der Waals surface area contributed by atoms with E-state index in [-0.39, 0.29) is 5.56 Å². The first-order chi connectivity index (χ1) is 7.70. The quantitative estimate of drug-likeness (QED) is 0.846. The number of carboxylic acids is 1. The van der Waals surface area contributed by atoms with E-state index >= 15 is 0 Å². The van der Waals surface area contributed by atoms with Crippen molar-refractivity contribution in [3.63, 3.8) is 0 Å². The van der Waals surface area contributed by atoms with E-state index in [1.165, 1.54) is 32.6 Å². The maximum atomic E-state index is 11.0. The predicted octanol–water partition coefficient (Wildman–Crippen LogP) is 2.13. The van der Waals surface area contributed by atoms with Crippen LogP contribution in [-0.2, 0) is 6.42 Å². The predicted molar refractivity (Wildman–Crippen MR) is 58.8 cm³/mol. The van der Waals surface area contributed by atoms with Crippen molar-refractivity contribution in [3.8, 4) is 5.75 Å². The zero-order valence-electron chi connectivity index (χ0n) is 9.27. The van der Waals surface area contributed by atoms with Crippen molar-refractivity contribution >= 4 is 5.97 Å². The highest BCUT2D eigenvalue weighted by Crippen LogP contribution is 2.30. The van der Waals surface area contributed by atoms with Crippen molar-refractivity contribution in [2.75, 3.05) is 7.11 Å². The van der Waals surface area contributed by atoms with Crippen LogP contribution in [0.1, 0.15) is 35.3 Å². The second kappa shape index (κ2) is 4.51. The van der Waals surface area contributed by atoms with Crippen LogP contribution in [0.3, 0.4) is 0 Å². The Morgan fingerprint density at radius 2 is 2.38 bits per heavy atom. The fraction of sp³-hybridized carbons (Fsp3) is 0.500. The molecule has 0 spiro atoms. The van der Waals surface area contributed by atoms with Gasteiger partial charge >= 0.3 is 5.97 Å². The second-order valence-electron chi connectivity index (χ2n) is 4.18. The van der Waals surface area contributed by atoms with Crippen LogP contribution in [0.2, 0.25) is 0 Å². The van der Waals surface area contributed by atoms with Gasteiger partial charge in [0.1, 0.15) is 5.56 Å². The average molecular weight is 221 g/mol. The van der Waals surface area contributed by atoms with Gasteiger partial charge in [0.05, 0.1) is 13.3 Å². The number of hydrogen-bond donors (Lipinski definition) is 1. The third-order valence-electron chi connectivity index (χ3n) is 3.10. The highest BCUT2D eigenvalue weighted by atomic mass is 16.5. The number of pyridine rings is 1. The van der Waals surface area contributed by atoms with Crippen molar-refractivity contribution in [1.82, 2.24) is 4.98 Å². The van der Waals surface area contributed by atoms with Gasteiger partial charge in [0.15, 0.2) is 5.75 Å². The SMILES string of the molecule is COc1cnc(CC2CCC2)cc1C(=O)O. The summed E-state index contributed by atoms with van der Waals surface area (Å²) in [6.45, 7) is 0. The van der Waals surface area contributed by atoms with Crippen molar-refractivity contribution in [2.24, 2.45) is 5.92 Å². The van der Waals surface area contributed by atoms with Gasteiger partial charge in [-0.1, -0.05) is 19.3 Å². The van der Waals surface area contributed by atoms with Crippen LogP contribution in [0, 0.1) is 5.92 Å². The van der Waals surface area contributed by atoms with Gasteiger partial charge in [-0.15, -0.1) is 0 Å². The number of methoxy groups -OCH3 is 1. The van der Waals surface area contributed by atoms with Gasteiger partial charge < -0.3 is 9.84 Å². The standard InChI is InChI=1S/C12H15NO3/c1-16-11-7-13-9(5-8-3-2-4-8)6-10(11)12(14)15/h6-8H,2-5H2,1H3,(H,14,15). The van der Waals surface area contributed by atoms with Gasteiger partial charge in [-0.2, -0.15) is 0 Å².